The number of Topliss-reactive ketones (excluding diaryl/α,β-unsaturated/α-hetero) is 1. The zero-order chi connectivity index (χ0) is 79.2. The second kappa shape index (κ2) is 33.1. The maximum absolute atomic E-state index is 13.7. The molecule has 0 radical (unpaired) electrons. The number of ketones is 1. The van der Waals surface area contributed by atoms with Crippen LogP contribution >= 0.6 is 15.9 Å². The Hall–Kier alpha value is -11.0. The molecule has 3 aliphatic rings. The van der Waals surface area contributed by atoms with Crippen LogP contribution < -0.4 is 30.9 Å². The van der Waals surface area contributed by atoms with Crippen molar-refractivity contribution in [2.75, 3.05) is 17.5 Å². The number of hydrogen-bond acceptors (Lipinski definition) is 14. The predicted molar refractivity (Wildman–Crippen MR) is 410 cm³/mol. The molecule has 566 valence electrons. The molecule has 3 saturated heterocycles. The number of carboxylic acids is 2. The van der Waals surface area contributed by atoms with E-state index in [2.05, 4.69) is 45.7 Å². The van der Waals surface area contributed by atoms with Crippen LogP contribution in [-0.2, 0) is 23.6 Å². The molecule has 2 atom stereocenters. The molecule has 6 N–H and O–H groups in total. The maximum Gasteiger partial charge on any atom is 0.336 e. The Morgan fingerprint density at radius 1 is 0.655 bits per heavy atom. The van der Waals surface area contributed by atoms with Crippen LogP contribution in [0.5, 0.6) is 0 Å². The fourth-order valence-corrected chi connectivity index (χ4v) is 14.1. The van der Waals surface area contributed by atoms with Gasteiger partial charge in [0.25, 0.3) is 5.92 Å². The van der Waals surface area contributed by atoms with E-state index in [1.54, 1.807) is 36.7 Å². The van der Waals surface area contributed by atoms with E-state index < -0.39 is 119 Å². The average molecular weight is 1670 g/mol. The van der Waals surface area contributed by atoms with Gasteiger partial charge >= 0.3 is 128 Å². The molecule has 6 aromatic carbocycles. The van der Waals surface area contributed by atoms with E-state index >= 15 is 0 Å². The number of ether oxygens (including phenoxy) is 1. The van der Waals surface area contributed by atoms with Crippen molar-refractivity contribution >= 4 is 130 Å². The number of amides is 2. The molecule has 29 heteroatoms. The predicted octanol–water partition coefficient (Wildman–Crippen LogP) is 13.1. The Bertz CT molecular complexity index is 5600. The van der Waals surface area contributed by atoms with Crippen molar-refractivity contribution in [3.05, 3.63) is 215 Å². The van der Waals surface area contributed by atoms with Crippen molar-refractivity contribution < 1.29 is 92.1 Å². The van der Waals surface area contributed by atoms with Crippen LogP contribution in [0.1, 0.15) is 112 Å². The number of alkyl halides is 5. The van der Waals surface area contributed by atoms with Gasteiger partial charge in [0, 0.05) is 115 Å². The minimum Gasteiger partial charge on any atom is -0.478 e. The molecular formula is C81H75BBrF4IN11O11-. The topological polar surface area (TPSA) is 306 Å². The molecule has 0 bridgehead atoms. The molecule has 2 amide bonds. The molecule has 0 aliphatic carbocycles. The molecule has 9 heterocycles. The van der Waals surface area contributed by atoms with Crippen LogP contribution in [0.15, 0.2) is 187 Å². The van der Waals surface area contributed by atoms with E-state index in [9.17, 15) is 51.4 Å². The van der Waals surface area contributed by atoms with Gasteiger partial charge in [0.15, 0.2) is 5.78 Å². The number of rotatable bonds is 12. The molecule has 0 unspecified atom stereocenters. The molecule has 0 spiro atoms. The minimum atomic E-state index is -3.07. The van der Waals surface area contributed by atoms with Gasteiger partial charge in [-0.25, -0.2) is 29.7 Å². The summed E-state index contributed by atoms with van der Waals surface area (Å²) in [5, 5.41) is 32.0. The Labute approximate surface area is 648 Å². The summed E-state index contributed by atoms with van der Waals surface area (Å²) in [6, 6.07) is 45.8. The first-order chi connectivity index (χ1) is 52.2. The van der Waals surface area contributed by atoms with Crippen LogP contribution in [0.4, 0.5) is 22.4 Å². The summed E-state index contributed by atoms with van der Waals surface area (Å²) in [4.78, 5) is 96.1. The van der Waals surface area contributed by atoms with Crippen LogP contribution in [0.2, 0.25) is 0 Å². The first-order valence-electron chi connectivity index (χ1n) is 34.7. The van der Waals surface area contributed by atoms with Crippen LogP contribution in [0, 0.1) is 17.9 Å². The zero-order valence-corrected chi connectivity index (χ0v) is 64.4. The molecule has 6 aromatic heterocycles. The van der Waals surface area contributed by atoms with Crippen LogP contribution in [0.3, 0.4) is 0 Å². The van der Waals surface area contributed by atoms with Crippen molar-refractivity contribution in [2.24, 2.45) is 3.95 Å². The number of nitrogens with two attached hydrogens (primary N) is 1. The third kappa shape index (κ3) is 18.2. The quantitative estimate of drug-likeness (QED) is 0.0144. The number of aromatic carboxylic acids is 2. The van der Waals surface area contributed by atoms with E-state index in [4.69, 9.17) is 34.9 Å². The normalized spacial score (nSPS) is 16.6. The number of benzene rings is 6. The largest absolute Gasteiger partial charge is 0.478 e. The second-order valence-electron chi connectivity index (χ2n) is 28.3. The first kappa shape index (κ1) is 80.1. The van der Waals surface area contributed by atoms with E-state index in [0.29, 0.717) is 42.7 Å². The van der Waals surface area contributed by atoms with Gasteiger partial charge in [-0.15, -0.1) is 0 Å². The van der Waals surface area contributed by atoms with E-state index in [1.807, 2.05) is 176 Å². The van der Waals surface area contributed by atoms with E-state index in [0.717, 1.165) is 74.7 Å². The SMILES string of the molecule is CC(C)(C)OC(=O)n1cc(B2OC(C)(C)C(C)(C)O2)c2ccccc21.N#C[C@@H]1CC(F)(F)CN1C(=O)CC[I-]N.O=C(O)c1ccnc2ccc(-c3c[nH]c4ccccc34)cc12.O=C(O)c1ccnc2ccc(Br)cc12.[C-]#[N+][C@@H]1CC(F)(F)CN1C(=O)CCC(=O)c1ccnc2ccc(-c3c[nH]c4ccccc34)cc12. The molecule has 15 rings (SSSR count). The van der Waals surface area contributed by atoms with Gasteiger partial charge in [0.05, 0.1) is 50.9 Å². The third-order valence-corrected chi connectivity index (χ3v) is 20.7. The number of fused-ring (bicyclic) bond motifs is 6. The number of carbonyl (C=O) groups is 6. The third-order valence-electron chi connectivity index (χ3n) is 19.0. The number of carboxylic acid groups (broad SMARTS) is 2. The molecular weight excluding hydrogens is 1600 g/mol. The summed E-state index contributed by atoms with van der Waals surface area (Å²) in [6.45, 7) is 19.3. The van der Waals surface area contributed by atoms with Gasteiger partial charge in [0.2, 0.25) is 5.91 Å². The fraction of sp³-hybridized carbons (Fsp3) is 0.272. The van der Waals surface area contributed by atoms with Crippen molar-refractivity contribution in [2.45, 2.75) is 121 Å². The number of aromatic nitrogens is 6. The Morgan fingerprint density at radius 3 is 1.65 bits per heavy atom. The second-order valence-corrected chi connectivity index (χ2v) is 31.2. The van der Waals surface area contributed by atoms with Gasteiger partial charge in [-0.2, -0.15) is 0 Å². The van der Waals surface area contributed by atoms with Crippen LogP contribution in [-0.4, -0.2) is 151 Å². The number of pyridine rings is 3. The minimum absolute atomic E-state index is 0.137. The molecule has 110 heavy (non-hydrogen) atoms. The maximum atomic E-state index is 13.7. The molecule has 22 nitrogen and oxygen atoms in total. The number of H-pyrrole nitrogens is 2. The number of nitriles is 1. The monoisotopic (exact) mass is 1670 g/mol. The number of nitrogens with one attached hydrogen (secondary N) is 2. The number of nitrogens with zero attached hydrogens (tertiary/aromatic N) is 8. The number of aromatic amines is 2. The Morgan fingerprint density at radius 2 is 1.13 bits per heavy atom. The molecule has 0 saturated carbocycles. The number of hydrogen-bond donors (Lipinski definition) is 5. The van der Waals surface area contributed by atoms with E-state index in [1.165, 1.54) is 29.1 Å². The van der Waals surface area contributed by atoms with Gasteiger partial charge in [-0.1, -0.05) is 82.7 Å². The van der Waals surface area contributed by atoms with Gasteiger partial charge in [-0.3, -0.25) is 38.9 Å². The van der Waals surface area contributed by atoms with Gasteiger partial charge in [0.1, 0.15) is 12.0 Å². The number of halogens is 6. The summed E-state index contributed by atoms with van der Waals surface area (Å²) < 4.78 is 79.4. The van der Waals surface area contributed by atoms with Crippen molar-refractivity contribution in [3.8, 4) is 28.3 Å². The molecule has 12 aromatic rings. The smallest absolute Gasteiger partial charge is 0.336 e. The summed E-state index contributed by atoms with van der Waals surface area (Å²) in [6.07, 6.45) is 7.20. The zero-order valence-electron chi connectivity index (χ0n) is 60.7. The van der Waals surface area contributed by atoms with Gasteiger partial charge < -0.3 is 34.2 Å². The summed E-state index contributed by atoms with van der Waals surface area (Å²) >= 11 is 2.79. The van der Waals surface area contributed by atoms with Crippen molar-refractivity contribution in [1.29, 1.82) is 5.26 Å². The number of carbonyl (C=O) groups excluding carboxylic acids is 4. The van der Waals surface area contributed by atoms with Crippen molar-refractivity contribution in [3.63, 3.8) is 0 Å². The fourth-order valence-electron chi connectivity index (χ4n) is 12.9. The first-order valence-corrected chi connectivity index (χ1v) is 38.3. The summed E-state index contributed by atoms with van der Waals surface area (Å²) in [5.41, 5.74) is 9.16. The standard InChI is InChI=1S/C26H20F2N4O2.C19H26BNO4.C18H12N2O2.C10H6BrNO2.C8H11F2IN3O/c1-29-24-13-26(27,28)15-32(24)25(34)9-8-23(33)18-10-11-30-22-7-6-16(12-19(18)22)20-14-31-21-5-3-2-4-17(20)21;1-17(2,3)23-16(22)21-12-14(13-10-8-9-11-15(13)21)20-24-18(4,5)19(6,7)25-20;21-18(22)13-7-8-19-17-6-5-11(9-14(13)17)15-10-20-16-4-2-1-3-12(15)16;11-6-1-2-9-8(5-6)7(10(13)14)3-4-12-9;9-8(10)3-6(4-12)14(5-8)7(15)1-2-11-13/h2-7,10-12,14,24,31H,8-9,13,15H2;8-12H,1-7H3;1-10,20H,(H,21,22);1-5H,(H,13,14);6H,1-3,5,13H2/q;;;;-1/t24-;;;;6-/m0...0/s1. The summed E-state index contributed by atoms with van der Waals surface area (Å²) in [5.74, 6) is -9.14. The average Bonchev–Trinajstić information content (AvgIpc) is 1.58. The van der Waals surface area contributed by atoms with Gasteiger partial charge in [-0.05, 0) is 144 Å². The Kier molecular flexibility index (Phi) is 24.1. The molecule has 3 aliphatic heterocycles. The summed E-state index contributed by atoms with van der Waals surface area (Å²) in [7, 11) is -0.529. The van der Waals surface area contributed by atoms with E-state index in [-0.39, 0.29) is 42.1 Å². The Balaban J connectivity index is 0.000000142. The molecule has 3 fully saturated rings. The van der Waals surface area contributed by atoms with Crippen LogP contribution in [0.25, 0.3) is 92.5 Å². The number of likely N-dealkylation sites (tertiary alicyclic amines) is 2. The van der Waals surface area contributed by atoms with Crippen molar-refractivity contribution in [1.82, 2.24) is 39.3 Å². The number of para-hydroxylation sites is 3.